The van der Waals surface area contributed by atoms with Gasteiger partial charge in [-0.25, -0.2) is 4.79 Å². The Bertz CT molecular complexity index is 484. The summed E-state index contributed by atoms with van der Waals surface area (Å²) in [6, 6.07) is 4.94. The maximum absolute atomic E-state index is 10.9. The Morgan fingerprint density at radius 1 is 1.30 bits per heavy atom. The van der Waals surface area contributed by atoms with Crippen LogP contribution in [0.25, 0.3) is 0 Å². The number of aliphatic hydroxyl groups excluding tert-OH is 1. The van der Waals surface area contributed by atoms with Gasteiger partial charge in [-0.05, 0) is 47.0 Å². The molecule has 2 rings (SSSR count). The van der Waals surface area contributed by atoms with Crippen LogP contribution in [0.2, 0.25) is 0 Å². The first-order valence-electron chi connectivity index (χ1n) is 6.94. The van der Waals surface area contributed by atoms with E-state index in [-0.39, 0.29) is 17.6 Å². The number of rotatable bonds is 5. The number of anilines is 1. The standard InChI is InChI=1S/C15H20BrNO3/c16-12-8-11(14(19)20)4-5-13(12)17-9-15(10-18)6-2-1-3-7-15/h4-5,8,17-18H,1-3,6-7,9-10H2,(H,19,20). The highest BCUT2D eigenvalue weighted by Gasteiger charge is 2.31. The lowest BCUT2D eigenvalue weighted by atomic mass is 9.74. The molecule has 0 saturated heterocycles. The summed E-state index contributed by atoms with van der Waals surface area (Å²) in [5.41, 5.74) is 1.09. The number of nitrogens with one attached hydrogen (secondary N) is 1. The molecule has 1 aromatic rings. The lowest BCUT2D eigenvalue weighted by Gasteiger charge is -2.36. The molecule has 1 saturated carbocycles. The van der Waals surface area contributed by atoms with Crippen molar-refractivity contribution in [1.82, 2.24) is 0 Å². The number of benzene rings is 1. The summed E-state index contributed by atoms with van der Waals surface area (Å²) in [5, 5.41) is 22.0. The van der Waals surface area contributed by atoms with E-state index in [1.165, 1.54) is 19.3 Å². The zero-order valence-corrected chi connectivity index (χ0v) is 12.9. The Morgan fingerprint density at radius 3 is 2.55 bits per heavy atom. The maximum Gasteiger partial charge on any atom is 0.335 e. The summed E-state index contributed by atoms with van der Waals surface area (Å²) < 4.78 is 0.737. The first-order valence-corrected chi connectivity index (χ1v) is 7.73. The average molecular weight is 342 g/mol. The molecular weight excluding hydrogens is 322 g/mol. The summed E-state index contributed by atoms with van der Waals surface area (Å²) in [6.45, 7) is 0.916. The van der Waals surface area contributed by atoms with Crippen LogP contribution < -0.4 is 5.32 Å². The summed E-state index contributed by atoms with van der Waals surface area (Å²) in [4.78, 5) is 10.9. The summed E-state index contributed by atoms with van der Waals surface area (Å²) in [5.74, 6) is -0.934. The van der Waals surface area contributed by atoms with E-state index in [1.54, 1.807) is 18.2 Å². The fraction of sp³-hybridized carbons (Fsp3) is 0.533. The zero-order chi connectivity index (χ0) is 14.6. The van der Waals surface area contributed by atoms with E-state index in [9.17, 15) is 9.90 Å². The van der Waals surface area contributed by atoms with Crippen molar-refractivity contribution < 1.29 is 15.0 Å². The van der Waals surface area contributed by atoms with Crippen LogP contribution >= 0.6 is 15.9 Å². The van der Waals surface area contributed by atoms with E-state index in [0.717, 1.165) is 23.0 Å². The number of aromatic carboxylic acids is 1. The summed E-state index contributed by atoms with van der Waals surface area (Å²) in [7, 11) is 0. The van der Waals surface area contributed by atoms with Gasteiger partial charge in [0.15, 0.2) is 0 Å². The van der Waals surface area contributed by atoms with Gasteiger partial charge in [0, 0.05) is 22.1 Å². The van der Waals surface area contributed by atoms with Crippen LogP contribution in [-0.4, -0.2) is 29.3 Å². The van der Waals surface area contributed by atoms with Gasteiger partial charge in [-0.15, -0.1) is 0 Å². The highest BCUT2D eigenvalue weighted by atomic mass is 79.9. The first-order chi connectivity index (χ1) is 9.56. The third kappa shape index (κ3) is 3.52. The third-order valence-electron chi connectivity index (χ3n) is 4.12. The second-order valence-corrected chi connectivity index (χ2v) is 6.43. The van der Waals surface area contributed by atoms with Crippen molar-refractivity contribution >= 4 is 27.6 Å². The number of hydrogen-bond acceptors (Lipinski definition) is 3. The van der Waals surface area contributed by atoms with Gasteiger partial charge >= 0.3 is 5.97 Å². The molecule has 110 valence electrons. The molecule has 1 aliphatic rings. The minimum atomic E-state index is -0.934. The Balaban J connectivity index is 2.04. The van der Waals surface area contributed by atoms with Crippen LogP contribution in [0.1, 0.15) is 42.5 Å². The van der Waals surface area contributed by atoms with Crippen LogP contribution in [0.5, 0.6) is 0 Å². The molecule has 0 aromatic heterocycles. The van der Waals surface area contributed by atoms with Crippen molar-refractivity contribution in [1.29, 1.82) is 0 Å². The van der Waals surface area contributed by atoms with Crippen LogP contribution in [0, 0.1) is 5.41 Å². The van der Waals surface area contributed by atoms with Crippen LogP contribution in [0.4, 0.5) is 5.69 Å². The fourth-order valence-electron chi connectivity index (χ4n) is 2.77. The van der Waals surface area contributed by atoms with Crippen LogP contribution in [0.15, 0.2) is 22.7 Å². The monoisotopic (exact) mass is 341 g/mol. The van der Waals surface area contributed by atoms with Crippen LogP contribution in [0.3, 0.4) is 0 Å². The predicted octanol–water partition coefficient (Wildman–Crippen LogP) is 3.50. The molecule has 0 radical (unpaired) electrons. The Kier molecular flexibility index (Phi) is 5.05. The van der Waals surface area contributed by atoms with E-state index < -0.39 is 5.97 Å². The number of aliphatic hydroxyl groups is 1. The Hall–Kier alpha value is -1.07. The molecule has 0 bridgehead atoms. The molecule has 3 N–H and O–H groups in total. The predicted molar refractivity (Wildman–Crippen MR) is 82.2 cm³/mol. The SMILES string of the molecule is O=C(O)c1ccc(NCC2(CO)CCCCC2)c(Br)c1. The fourth-order valence-corrected chi connectivity index (χ4v) is 3.29. The molecule has 0 heterocycles. The van der Waals surface area contributed by atoms with Crippen molar-refractivity contribution in [2.75, 3.05) is 18.5 Å². The number of hydrogen-bond donors (Lipinski definition) is 3. The van der Waals surface area contributed by atoms with Gasteiger partial charge < -0.3 is 15.5 Å². The van der Waals surface area contributed by atoms with Gasteiger partial charge in [0.1, 0.15) is 0 Å². The highest BCUT2D eigenvalue weighted by molar-refractivity contribution is 9.10. The lowest BCUT2D eigenvalue weighted by molar-refractivity contribution is 0.0697. The second kappa shape index (κ2) is 6.59. The van der Waals surface area contributed by atoms with Crippen molar-refractivity contribution in [3.8, 4) is 0 Å². The Labute approximate surface area is 127 Å². The molecule has 1 aliphatic carbocycles. The van der Waals surface area contributed by atoms with Gasteiger partial charge in [0.2, 0.25) is 0 Å². The van der Waals surface area contributed by atoms with Crippen molar-refractivity contribution in [2.24, 2.45) is 5.41 Å². The largest absolute Gasteiger partial charge is 0.478 e. The minimum absolute atomic E-state index is 0.0385. The molecule has 1 aromatic carbocycles. The smallest absolute Gasteiger partial charge is 0.335 e. The quantitative estimate of drug-likeness (QED) is 0.766. The summed E-state index contributed by atoms with van der Waals surface area (Å²) in [6.07, 6.45) is 5.67. The van der Waals surface area contributed by atoms with Crippen molar-refractivity contribution in [2.45, 2.75) is 32.1 Å². The molecule has 4 nitrogen and oxygen atoms in total. The first kappa shape index (κ1) is 15.3. The average Bonchev–Trinajstić information content (AvgIpc) is 2.47. The molecular formula is C15H20BrNO3. The lowest BCUT2D eigenvalue weighted by Crippen LogP contribution is -2.35. The molecule has 1 fully saturated rings. The van der Waals surface area contributed by atoms with E-state index in [4.69, 9.17) is 5.11 Å². The molecule has 0 unspecified atom stereocenters. The normalized spacial score (nSPS) is 17.7. The number of halogens is 1. The topological polar surface area (TPSA) is 69.6 Å². The maximum atomic E-state index is 10.9. The number of carbonyl (C=O) groups is 1. The van der Waals surface area contributed by atoms with E-state index >= 15 is 0 Å². The number of carboxylic acid groups (broad SMARTS) is 1. The minimum Gasteiger partial charge on any atom is -0.478 e. The van der Waals surface area contributed by atoms with E-state index in [1.807, 2.05) is 0 Å². The molecule has 5 heteroatoms. The molecule has 20 heavy (non-hydrogen) atoms. The van der Waals surface area contributed by atoms with E-state index in [0.29, 0.717) is 6.54 Å². The molecule has 0 amide bonds. The van der Waals surface area contributed by atoms with Gasteiger partial charge in [0.05, 0.1) is 12.2 Å². The zero-order valence-electron chi connectivity index (χ0n) is 11.4. The molecule has 0 atom stereocenters. The number of carboxylic acids is 1. The van der Waals surface area contributed by atoms with Crippen LogP contribution in [-0.2, 0) is 0 Å². The molecule has 0 aliphatic heterocycles. The van der Waals surface area contributed by atoms with Gasteiger partial charge in [-0.2, -0.15) is 0 Å². The Morgan fingerprint density at radius 2 is 2.00 bits per heavy atom. The van der Waals surface area contributed by atoms with E-state index in [2.05, 4.69) is 21.2 Å². The second-order valence-electron chi connectivity index (χ2n) is 5.57. The summed E-state index contributed by atoms with van der Waals surface area (Å²) >= 11 is 3.39. The van der Waals surface area contributed by atoms with Gasteiger partial charge in [0.25, 0.3) is 0 Å². The van der Waals surface area contributed by atoms with Gasteiger partial charge in [-0.1, -0.05) is 19.3 Å². The third-order valence-corrected chi connectivity index (χ3v) is 4.78. The van der Waals surface area contributed by atoms with Crippen molar-refractivity contribution in [3.63, 3.8) is 0 Å². The van der Waals surface area contributed by atoms with Crippen molar-refractivity contribution in [3.05, 3.63) is 28.2 Å². The molecule has 0 spiro atoms. The highest BCUT2D eigenvalue weighted by Crippen LogP contribution is 2.36. The van der Waals surface area contributed by atoms with Gasteiger partial charge in [-0.3, -0.25) is 0 Å².